The van der Waals surface area contributed by atoms with Gasteiger partial charge in [-0.05, 0) is 79.6 Å². The standard InChI is InChI=1S/C27H26F2O5/c1-3-31-25-16-8-20(17-26(25)32-4-2)18-33-22-11-5-19(6-12-22)7-15-24(30)21-9-13-23(14-10-21)34-27(28)29/h5-17,27H,3-4,18H2,1-2H3/b15-7+. The molecule has 0 aliphatic rings. The number of hydrogen-bond donors (Lipinski definition) is 0. The van der Waals surface area contributed by atoms with E-state index < -0.39 is 6.61 Å². The van der Waals surface area contributed by atoms with Gasteiger partial charge in [0.1, 0.15) is 18.1 Å². The maximum Gasteiger partial charge on any atom is 0.387 e. The van der Waals surface area contributed by atoms with Crippen LogP contribution in [-0.4, -0.2) is 25.6 Å². The molecule has 5 nitrogen and oxygen atoms in total. The molecule has 0 fully saturated rings. The van der Waals surface area contributed by atoms with Crippen LogP contribution in [-0.2, 0) is 6.61 Å². The molecule has 0 radical (unpaired) electrons. The number of benzene rings is 3. The molecule has 34 heavy (non-hydrogen) atoms. The first-order chi connectivity index (χ1) is 16.5. The minimum absolute atomic E-state index is 0.00506. The lowest BCUT2D eigenvalue weighted by Crippen LogP contribution is -2.02. The van der Waals surface area contributed by atoms with Crippen LogP contribution >= 0.6 is 0 Å². The Bertz CT molecular complexity index is 1090. The van der Waals surface area contributed by atoms with Gasteiger partial charge >= 0.3 is 6.61 Å². The second-order valence-electron chi connectivity index (χ2n) is 7.11. The van der Waals surface area contributed by atoms with E-state index in [4.69, 9.17) is 14.2 Å². The summed E-state index contributed by atoms with van der Waals surface area (Å²) in [7, 11) is 0. The van der Waals surface area contributed by atoms with E-state index in [1.54, 1.807) is 6.08 Å². The summed E-state index contributed by atoms with van der Waals surface area (Å²) >= 11 is 0. The third-order valence-corrected chi connectivity index (χ3v) is 4.68. The highest BCUT2D eigenvalue weighted by atomic mass is 19.3. The van der Waals surface area contributed by atoms with Gasteiger partial charge in [0.2, 0.25) is 0 Å². The Hall–Kier alpha value is -3.87. The molecule has 0 heterocycles. The topological polar surface area (TPSA) is 54.0 Å². The van der Waals surface area contributed by atoms with Crippen LogP contribution in [0.15, 0.2) is 72.8 Å². The predicted molar refractivity (Wildman–Crippen MR) is 126 cm³/mol. The Kier molecular flexibility index (Phi) is 9.03. The number of rotatable bonds is 12. The first-order valence-corrected chi connectivity index (χ1v) is 10.9. The van der Waals surface area contributed by atoms with Gasteiger partial charge in [0, 0.05) is 5.56 Å². The van der Waals surface area contributed by atoms with Crippen molar-refractivity contribution in [3.63, 3.8) is 0 Å². The minimum Gasteiger partial charge on any atom is -0.490 e. The number of hydrogen-bond acceptors (Lipinski definition) is 5. The number of carbonyl (C=O) groups is 1. The van der Waals surface area contributed by atoms with Crippen molar-refractivity contribution < 1.29 is 32.5 Å². The van der Waals surface area contributed by atoms with Crippen molar-refractivity contribution in [1.82, 2.24) is 0 Å². The fourth-order valence-corrected chi connectivity index (χ4v) is 3.10. The highest BCUT2D eigenvalue weighted by molar-refractivity contribution is 6.06. The number of carbonyl (C=O) groups excluding carboxylic acids is 1. The van der Waals surface area contributed by atoms with Gasteiger partial charge in [-0.1, -0.05) is 24.3 Å². The first-order valence-electron chi connectivity index (χ1n) is 10.9. The molecule has 178 valence electrons. The van der Waals surface area contributed by atoms with Crippen LogP contribution in [0.1, 0.15) is 35.3 Å². The van der Waals surface area contributed by atoms with Crippen molar-refractivity contribution >= 4 is 11.9 Å². The molecule has 0 aromatic heterocycles. The van der Waals surface area contributed by atoms with E-state index in [1.165, 1.54) is 30.3 Å². The fourth-order valence-electron chi connectivity index (χ4n) is 3.10. The lowest BCUT2D eigenvalue weighted by Gasteiger charge is -2.13. The second kappa shape index (κ2) is 12.4. The van der Waals surface area contributed by atoms with Crippen LogP contribution in [0.5, 0.6) is 23.0 Å². The number of halogens is 2. The van der Waals surface area contributed by atoms with Crippen LogP contribution in [0, 0.1) is 0 Å². The average Bonchev–Trinajstić information content (AvgIpc) is 2.83. The lowest BCUT2D eigenvalue weighted by atomic mass is 10.1. The van der Waals surface area contributed by atoms with E-state index in [1.807, 2.05) is 56.3 Å². The largest absolute Gasteiger partial charge is 0.490 e. The number of ether oxygens (including phenoxy) is 4. The predicted octanol–water partition coefficient (Wildman–Crippen LogP) is 6.56. The molecule has 0 aliphatic carbocycles. The van der Waals surface area contributed by atoms with E-state index in [-0.39, 0.29) is 11.5 Å². The normalized spacial score (nSPS) is 11.0. The van der Waals surface area contributed by atoms with Crippen LogP contribution in [0.4, 0.5) is 8.78 Å². The Morgan fingerprint density at radius 3 is 2.12 bits per heavy atom. The molecule has 0 spiro atoms. The van der Waals surface area contributed by atoms with Crippen molar-refractivity contribution in [2.75, 3.05) is 13.2 Å². The van der Waals surface area contributed by atoms with E-state index in [0.29, 0.717) is 42.6 Å². The van der Waals surface area contributed by atoms with E-state index >= 15 is 0 Å². The van der Waals surface area contributed by atoms with Gasteiger partial charge in [-0.15, -0.1) is 0 Å². The van der Waals surface area contributed by atoms with Gasteiger partial charge < -0.3 is 18.9 Å². The summed E-state index contributed by atoms with van der Waals surface area (Å²) in [5.41, 5.74) is 2.14. The Morgan fingerprint density at radius 2 is 1.47 bits per heavy atom. The van der Waals surface area contributed by atoms with Crippen LogP contribution in [0.25, 0.3) is 6.08 Å². The Balaban J connectivity index is 1.56. The van der Waals surface area contributed by atoms with Gasteiger partial charge in [-0.2, -0.15) is 8.78 Å². The molecule has 3 aromatic carbocycles. The smallest absolute Gasteiger partial charge is 0.387 e. The molecule has 0 N–H and O–H groups in total. The SMILES string of the molecule is CCOc1ccc(COc2ccc(/C=C/C(=O)c3ccc(OC(F)F)cc3)cc2)cc1OCC. The quantitative estimate of drug-likeness (QED) is 0.223. The van der Waals surface area contributed by atoms with Crippen molar-refractivity contribution in [2.45, 2.75) is 27.1 Å². The summed E-state index contributed by atoms with van der Waals surface area (Å²) in [5.74, 6) is 1.84. The number of alkyl halides is 2. The molecule has 7 heteroatoms. The zero-order chi connectivity index (χ0) is 24.3. The van der Waals surface area contributed by atoms with Crippen molar-refractivity contribution in [2.24, 2.45) is 0 Å². The summed E-state index contributed by atoms with van der Waals surface area (Å²) in [6.45, 7) is 2.41. The number of ketones is 1. The molecule has 0 bridgehead atoms. The van der Waals surface area contributed by atoms with Crippen LogP contribution in [0.2, 0.25) is 0 Å². The molecule has 3 rings (SSSR count). The average molecular weight is 468 g/mol. The minimum atomic E-state index is -2.90. The Morgan fingerprint density at radius 1 is 0.824 bits per heavy atom. The monoisotopic (exact) mass is 468 g/mol. The maximum absolute atomic E-state index is 12.3. The van der Waals surface area contributed by atoms with E-state index in [2.05, 4.69) is 4.74 Å². The molecule has 0 saturated heterocycles. The second-order valence-corrected chi connectivity index (χ2v) is 7.11. The summed E-state index contributed by atoms with van der Waals surface area (Å²) in [5, 5.41) is 0. The summed E-state index contributed by atoms with van der Waals surface area (Å²) in [4.78, 5) is 12.3. The highest BCUT2D eigenvalue weighted by Gasteiger charge is 2.08. The molecule has 0 aliphatic heterocycles. The zero-order valence-electron chi connectivity index (χ0n) is 19.0. The van der Waals surface area contributed by atoms with Crippen LogP contribution in [0.3, 0.4) is 0 Å². The van der Waals surface area contributed by atoms with Crippen molar-refractivity contribution in [1.29, 1.82) is 0 Å². The van der Waals surface area contributed by atoms with Gasteiger partial charge in [-0.25, -0.2) is 0 Å². The maximum atomic E-state index is 12.3. The molecular formula is C27H26F2O5. The lowest BCUT2D eigenvalue weighted by molar-refractivity contribution is -0.0498. The Labute approximate surface area is 197 Å². The van der Waals surface area contributed by atoms with Gasteiger partial charge in [-0.3, -0.25) is 4.79 Å². The molecule has 0 amide bonds. The molecular weight excluding hydrogens is 442 g/mol. The first kappa shape index (κ1) is 24.8. The zero-order valence-corrected chi connectivity index (χ0v) is 19.0. The third-order valence-electron chi connectivity index (χ3n) is 4.68. The highest BCUT2D eigenvalue weighted by Crippen LogP contribution is 2.29. The summed E-state index contributed by atoms with van der Waals surface area (Å²) in [6.07, 6.45) is 3.10. The van der Waals surface area contributed by atoms with E-state index in [9.17, 15) is 13.6 Å². The molecule has 3 aromatic rings. The summed E-state index contributed by atoms with van der Waals surface area (Å²) < 4.78 is 45.8. The van der Waals surface area contributed by atoms with E-state index in [0.717, 1.165) is 11.1 Å². The molecule has 0 atom stereocenters. The molecule has 0 saturated carbocycles. The van der Waals surface area contributed by atoms with Gasteiger partial charge in [0.15, 0.2) is 17.3 Å². The van der Waals surface area contributed by atoms with Gasteiger partial charge in [0.25, 0.3) is 0 Å². The fraction of sp³-hybridized carbons (Fsp3) is 0.222. The third kappa shape index (κ3) is 7.33. The van der Waals surface area contributed by atoms with Crippen LogP contribution < -0.4 is 18.9 Å². The van der Waals surface area contributed by atoms with Crippen molar-refractivity contribution in [3.05, 3.63) is 89.5 Å². The number of allylic oxidation sites excluding steroid dienone is 1. The molecule has 0 unspecified atom stereocenters. The van der Waals surface area contributed by atoms with Crippen molar-refractivity contribution in [3.8, 4) is 23.0 Å². The van der Waals surface area contributed by atoms with Gasteiger partial charge in [0.05, 0.1) is 13.2 Å². The summed E-state index contributed by atoms with van der Waals surface area (Å²) in [6, 6.07) is 18.6.